The van der Waals surface area contributed by atoms with Crippen molar-refractivity contribution in [1.82, 2.24) is 30.5 Å². The maximum absolute atomic E-state index is 13.6. The van der Waals surface area contributed by atoms with Gasteiger partial charge in [0.2, 0.25) is 18.3 Å². The third-order valence-electron chi connectivity index (χ3n) is 9.58. The summed E-state index contributed by atoms with van der Waals surface area (Å²) in [6.45, 7) is 4.61. The summed E-state index contributed by atoms with van der Waals surface area (Å²) in [5, 5.41) is 18.2. The van der Waals surface area contributed by atoms with Crippen LogP contribution in [0.15, 0.2) is 67.0 Å². The van der Waals surface area contributed by atoms with E-state index in [-0.39, 0.29) is 17.7 Å². The predicted octanol–water partition coefficient (Wildman–Crippen LogP) is 4.16. The quantitative estimate of drug-likeness (QED) is 0.165. The normalized spacial score (nSPS) is 18.6. The highest BCUT2D eigenvalue weighted by atomic mass is 35.5. The Morgan fingerprint density at radius 1 is 1.02 bits per heavy atom. The highest BCUT2D eigenvalue weighted by Gasteiger charge is 2.55. The van der Waals surface area contributed by atoms with Crippen LogP contribution in [0.2, 0.25) is 10.0 Å². The molecule has 0 radical (unpaired) electrons. The molecule has 0 unspecified atom stereocenters. The molecule has 15 heteroatoms. The first-order valence-corrected chi connectivity index (χ1v) is 17.5. The molecule has 268 valence electrons. The number of aryl methyl sites for hydroxylation is 1. The Kier molecular flexibility index (Phi) is 10.1. The highest BCUT2D eigenvalue weighted by molar-refractivity contribution is 6.35. The summed E-state index contributed by atoms with van der Waals surface area (Å²) in [5.74, 6) is 0.0394. The van der Waals surface area contributed by atoms with E-state index in [1.165, 1.54) is 6.20 Å². The van der Waals surface area contributed by atoms with E-state index in [1.54, 1.807) is 53.6 Å². The van der Waals surface area contributed by atoms with E-state index in [9.17, 15) is 19.2 Å². The van der Waals surface area contributed by atoms with E-state index in [1.807, 2.05) is 30.5 Å². The molecule has 3 heterocycles. The van der Waals surface area contributed by atoms with Gasteiger partial charge in [-0.3, -0.25) is 28.7 Å². The number of pyridine rings is 1. The van der Waals surface area contributed by atoms with Gasteiger partial charge in [0.25, 0.3) is 11.8 Å². The van der Waals surface area contributed by atoms with Gasteiger partial charge in [0.1, 0.15) is 11.1 Å². The molecule has 5 N–H and O–H groups in total. The summed E-state index contributed by atoms with van der Waals surface area (Å²) >= 11 is 12.3. The van der Waals surface area contributed by atoms with Crippen LogP contribution >= 0.6 is 23.2 Å². The Bertz CT molecular complexity index is 2050. The van der Waals surface area contributed by atoms with Gasteiger partial charge in [0.15, 0.2) is 0 Å². The van der Waals surface area contributed by atoms with E-state index < -0.39 is 16.6 Å². The lowest BCUT2D eigenvalue weighted by molar-refractivity contribution is -0.127. The van der Waals surface area contributed by atoms with Crippen LogP contribution in [0.25, 0.3) is 0 Å². The number of hydrogen-bond donors (Lipinski definition) is 4. The molecule has 3 aliphatic rings. The third-order valence-corrected chi connectivity index (χ3v) is 10.0. The second-order valence-electron chi connectivity index (χ2n) is 13.4. The molecule has 0 saturated heterocycles. The van der Waals surface area contributed by atoms with Crippen LogP contribution in [-0.4, -0.2) is 57.3 Å². The smallest absolute Gasteiger partial charge is 0.260 e. The molecule has 2 saturated carbocycles. The summed E-state index contributed by atoms with van der Waals surface area (Å²) < 4.78 is 1.95. The minimum Gasteiger partial charge on any atom is -0.351 e. The van der Waals surface area contributed by atoms with E-state index in [0.717, 1.165) is 29.8 Å². The van der Waals surface area contributed by atoms with Crippen LogP contribution in [0.1, 0.15) is 65.5 Å². The van der Waals surface area contributed by atoms with Crippen LogP contribution in [0, 0.1) is 18.3 Å². The minimum atomic E-state index is -0.862. The summed E-state index contributed by atoms with van der Waals surface area (Å²) in [6.07, 6.45) is 7.18. The van der Waals surface area contributed by atoms with Crippen molar-refractivity contribution in [3.63, 3.8) is 0 Å². The zero-order valence-corrected chi connectivity index (χ0v) is 30.1. The average molecular weight is 743 g/mol. The summed E-state index contributed by atoms with van der Waals surface area (Å²) in [5.41, 5.74) is 7.45. The monoisotopic (exact) mass is 741 g/mol. The number of carbonyl (C=O) groups is 4. The van der Waals surface area contributed by atoms with Crippen molar-refractivity contribution in [2.45, 2.75) is 62.6 Å². The lowest BCUT2D eigenvalue weighted by atomic mass is 9.91. The fourth-order valence-corrected chi connectivity index (χ4v) is 6.97. The first-order valence-electron chi connectivity index (χ1n) is 16.7. The number of aromatic nitrogens is 3. The molecule has 13 nitrogen and oxygen atoms in total. The van der Waals surface area contributed by atoms with Crippen molar-refractivity contribution >= 4 is 59.0 Å². The van der Waals surface area contributed by atoms with Crippen LogP contribution in [0.5, 0.6) is 0 Å². The van der Waals surface area contributed by atoms with Gasteiger partial charge in [-0.15, -0.1) is 0 Å². The Morgan fingerprint density at radius 3 is 2.27 bits per heavy atom. The topological polar surface area (TPSA) is 188 Å². The molecular weight excluding hydrogens is 705 g/mol. The number of nitrogens with one attached hydrogen (secondary N) is 3. The molecule has 2 fully saturated rings. The number of nitrogens with zero attached hydrogens (tertiary/aromatic N) is 5. The first kappa shape index (κ1) is 36.5. The number of anilines is 2. The molecule has 0 bridgehead atoms. The summed E-state index contributed by atoms with van der Waals surface area (Å²) in [4.78, 5) is 58.9. The van der Waals surface area contributed by atoms with Crippen molar-refractivity contribution in [2.24, 2.45) is 5.73 Å². The number of rotatable bonds is 11. The summed E-state index contributed by atoms with van der Waals surface area (Å²) in [7, 11) is 0. The standard InChI is InChI=1S/C21H16Cl2N4O.C16H21N5O3/c1-13-12-25-20-26(18-8-16(22)7-17(23)9-18)19(28)21(2,27(13)20)10-14-3-5-15(11-24)6-4-14;17-7-8-18-13(23)11-1-2-12(19-9-11)15(3-4-15)21-14(24)16(5-6-16)20-10-22/h3-9,12H,10H2,1-2H3;1-2,9-10H,3-8,17H2,(H,18,23)(H,20,22)(H,21,24)/t21-;/m1./s1. The fraction of sp³-hybridized carbons (Fsp3) is 0.324. The van der Waals surface area contributed by atoms with Crippen molar-refractivity contribution in [1.29, 1.82) is 5.26 Å². The zero-order chi connectivity index (χ0) is 37.3. The minimum absolute atomic E-state index is 0.110. The lowest BCUT2D eigenvalue weighted by Gasteiger charge is -2.26. The molecule has 2 aromatic heterocycles. The van der Waals surface area contributed by atoms with Crippen LogP contribution in [0.3, 0.4) is 0 Å². The van der Waals surface area contributed by atoms with Crippen LogP contribution in [-0.2, 0) is 31.9 Å². The maximum atomic E-state index is 13.6. The van der Waals surface area contributed by atoms with Gasteiger partial charge in [-0.1, -0.05) is 35.3 Å². The van der Waals surface area contributed by atoms with Gasteiger partial charge in [0, 0.05) is 41.4 Å². The van der Waals surface area contributed by atoms with Gasteiger partial charge in [0.05, 0.1) is 40.3 Å². The molecule has 1 aliphatic heterocycles. The molecule has 0 spiro atoms. The number of imidazole rings is 1. The molecular formula is C37H37Cl2N9O4. The van der Waals surface area contributed by atoms with E-state index >= 15 is 0 Å². The molecule has 7 rings (SSSR count). The number of nitriles is 1. The number of carbonyl (C=O) groups excluding carboxylic acids is 4. The van der Waals surface area contributed by atoms with Crippen molar-refractivity contribution in [2.75, 3.05) is 18.0 Å². The van der Waals surface area contributed by atoms with Gasteiger partial charge in [-0.25, -0.2) is 9.88 Å². The van der Waals surface area contributed by atoms with E-state index in [2.05, 4.69) is 32.0 Å². The van der Waals surface area contributed by atoms with Gasteiger partial charge in [-0.05, 0) is 87.6 Å². The Labute approximate surface area is 310 Å². The van der Waals surface area contributed by atoms with E-state index in [4.69, 9.17) is 34.2 Å². The number of amides is 4. The Morgan fingerprint density at radius 2 is 1.71 bits per heavy atom. The van der Waals surface area contributed by atoms with Crippen molar-refractivity contribution < 1.29 is 19.2 Å². The second kappa shape index (κ2) is 14.4. The van der Waals surface area contributed by atoms with Crippen molar-refractivity contribution in [3.05, 3.63) is 105 Å². The predicted molar refractivity (Wildman–Crippen MR) is 195 cm³/mol. The number of hydrogen-bond acceptors (Lipinski definition) is 8. The number of benzene rings is 2. The third kappa shape index (κ3) is 7.10. The Hall–Kier alpha value is -5.29. The Balaban J connectivity index is 0.000000181. The first-order chi connectivity index (χ1) is 24.9. The molecule has 4 aromatic rings. The van der Waals surface area contributed by atoms with Crippen LogP contribution in [0.4, 0.5) is 11.6 Å². The van der Waals surface area contributed by atoms with Crippen molar-refractivity contribution in [3.8, 4) is 6.07 Å². The SMILES string of the molecule is Cc1cnc2n1[C@](C)(Cc1ccc(C#N)cc1)C(=O)N2c1cc(Cl)cc(Cl)c1.NCCNC(=O)c1ccc(C2(NC(=O)C3(NC=O)CC3)CC2)nc1. The van der Waals surface area contributed by atoms with Gasteiger partial charge in [-0.2, -0.15) is 5.26 Å². The van der Waals surface area contributed by atoms with Gasteiger partial charge < -0.3 is 21.7 Å². The molecule has 4 amide bonds. The maximum Gasteiger partial charge on any atom is 0.260 e. The largest absolute Gasteiger partial charge is 0.351 e. The second-order valence-corrected chi connectivity index (χ2v) is 14.3. The average Bonchev–Trinajstić information content (AvgIpc) is 4.04. The number of nitrogens with two attached hydrogens (primary N) is 1. The fourth-order valence-electron chi connectivity index (χ4n) is 6.45. The lowest BCUT2D eigenvalue weighted by Crippen LogP contribution is -2.49. The number of halogens is 2. The highest BCUT2D eigenvalue weighted by Crippen LogP contribution is 2.47. The van der Waals surface area contributed by atoms with E-state index in [0.29, 0.717) is 71.6 Å². The molecule has 2 aromatic carbocycles. The molecule has 52 heavy (non-hydrogen) atoms. The van der Waals surface area contributed by atoms with Crippen LogP contribution < -0.4 is 26.6 Å². The summed E-state index contributed by atoms with van der Waals surface area (Å²) in [6, 6.07) is 17.9. The molecule has 1 atom stereocenters. The van der Waals surface area contributed by atoms with Gasteiger partial charge >= 0.3 is 0 Å². The molecule has 2 aliphatic carbocycles. The number of fused-ring (bicyclic) bond motifs is 1. The zero-order valence-electron chi connectivity index (χ0n) is 28.6.